The number of hydrogen-bond donors (Lipinski definition) is 2. The number of anilines is 1. The van der Waals surface area contributed by atoms with Crippen LogP contribution in [0.2, 0.25) is 5.02 Å². The van der Waals surface area contributed by atoms with Gasteiger partial charge in [-0.25, -0.2) is 9.97 Å². The standard InChI is InChI=1S/C21H26ClIN4O3/c1-29-12-21(4-3-5-21)6-7-25-19-15(11-24-13-27-19)20(28)26-10-14-8-16(22)17(23)9-18(14)30-2/h8-9,11,13H,3-7,10,12H2,1-2H3,(H,26,28)(H,24,25,27). The molecule has 0 aliphatic heterocycles. The van der Waals surface area contributed by atoms with Crippen molar-refractivity contribution in [3.8, 4) is 5.75 Å². The van der Waals surface area contributed by atoms with Crippen molar-refractivity contribution in [2.45, 2.75) is 32.2 Å². The maximum absolute atomic E-state index is 12.8. The van der Waals surface area contributed by atoms with Crippen molar-refractivity contribution in [1.29, 1.82) is 0 Å². The molecule has 0 bridgehead atoms. The van der Waals surface area contributed by atoms with E-state index >= 15 is 0 Å². The van der Waals surface area contributed by atoms with E-state index in [1.807, 2.05) is 6.07 Å². The van der Waals surface area contributed by atoms with Gasteiger partial charge >= 0.3 is 0 Å². The minimum absolute atomic E-state index is 0.248. The van der Waals surface area contributed by atoms with Crippen molar-refractivity contribution < 1.29 is 14.3 Å². The third kappa shape index (κ3) is 5.53. The molecule has 1 amide bonds. The first kappa shape index (κ1) is 23.0. The number of benzene rings is 1. The van der Waals surface area contributed by atoms with Crippen LogP contribution in [0.1, 0.15) is 41.6 Å². The van der Waals surface area contributed by atoms with Crippen LogP contribution in [-0.4, -0.2) is 43.2 Å². The maximum atomic E-state index is 12.8. The number of ether oxygens (including phenoxy) is 2. The fraction of sp³-hybridized carbons (Fsp3) is 0.476. The van der Waals surface area contributed by atoms with Gasteiger partial charge in [0.2, 0.25) is 0 Å². The van der Waals surface area contributed by atoms with Crippen molar-refractivity contribution >= 4 is 45.9 Å². The predicted octanol–water partition coefficient (Wildman–Crippen LogP) is 4.29. The lowest BCUT2D eigenvalue weighted by Crippen LogP contribution is -2.36. The summed E-state index contributed by atoms with van der Waals surface area (Å²) in [5, 5.41) is 6.82. The fourth-order valence-electron chi connectivity index (χ4n) is 3.70. The van der Waals surface area contributed by atoms with Gasteiger partial charge in [0.05, 0.1) is 24.3 Å². The molecule has 1 aromatic carbocycles. The highest BCUT2D eigenvalue weighted by Crippen LogP contribution is 2.44. The average molecular weight is 545 g/mol. The number of methoxy groups -OCH3 is 2. The highest BCUT2D eigenvalue weighted by molar-refractivity contribution is 14.1. The van der Waals surface area contributed by atoms with E-state index in [9.17, 15) is 4.79 Å². The second-order valence-electron chi connectivity index (χ2n) is 7.51. The van der Waals surface area contributed by atoms with E-state index in [1.165, 1.54) is 31.8 Å². The first-order valence-corrected chi connectivity index (χ1v) is 11.3. The van der Waals surface area contributed by atoms with E-state index in [2.05, 4.69) is 43.2 Å². The summed E-state index contributed by atoms with van der Waals surface area (Å²) in [6, 6.07) is 3.65. The van der Waals surface area contributed by atoms with Crippen LogP contribution in [0, 0.1) is 8.99 Å². The summed E-state index contributed by atoms with van der Waals surface area (Å²) in [5.41, 5.74) is 1.45. The van der Waals surface area contributed by atoms with E-state index in [-0.39, 0.29) is 17.9 Å². The molecule has 9 heteroatoms. The number of aromatic nitrogens is 2. The Bertz CT molecular complexity index is 893. The number of hydrogen-bond acceptors (Lipinski definition) is 6. The van der Waals surface area contributed by atoms with Gasteiger partial charge in [0.1, 0.15) is 17.9 Å². The minimum atomic E-state index is -0.259. The van der Waals surface area contributed by atoms with Gasteiger partial charge in [-0.2, -0.15) is 0 Å². The normalized spacial score (nSPS) is 14.7. The predicted molar refractivity (Wildman–Crippen MR) is 125 cm³/mol. The van der Waals surface area contributed by atoms with E-state index in [4.69, 9.17) is 21.1 Å². The topological polar surface area (TPSA) is 85.4 Å². The quantitative estimate of drug-likeness (QED) is 0.434. The molecule has 1 aliphatic carbocycles. The number of carbonyl (C=O) groups is 1. The monoisotopic (exact) mass is 544 g/mol. The number of carbonyl (C=O) groups excluding carboxylic acids is 1. The molecule has 1 fully saturated rings. The van der Waals surface area contributed by atoms with Gasteiger partial charge < -0.3 is 20.1 Å². The molecular weight excluding hydrogens is 519 g/mol. The van der Waals surface area contributed by atoms with Gasteiger partial charge in [-0.15, -0.1) is 0 Å². The highest BCUT2D eigenvalue weighted by Gasteiger charge is 2.36. The molecule has 0 spiro atoms. The third-order valence-electron chi connectivity index (χ3n) is 5.53. The Labute approximate surface area is 195 Å². The lowest BCUT2D eigenvalue weighted by atomic mass is 9.67. The van der Waals surface area contributed by atoms with Gasteiger partial charge in [0.15, 0.2) is 0 Å². The molecule has 30 heavy (non-hydrogen) atoms. The minimum Gasteiger partial charge on any atom is -0.496 e. The molecule has 0 atom stereocenters. The summed E-state index contributed by atoms with van der Waals surface area (Å²) in [6.07, 6.45) is 7.55. The smallest absolute Gasteiger partial charge is 0.256 e. The van der Waals surface area contributed by atoms with Gasteiger partial charge in [-0.3, -0.25) is 4.79 Å². The Hall–Kier alpha value is -1.65. The molecular formula is C21H26ClIN4O3. The molecule has 1 aromatic heterocycles. The van der Waals surface area contributed by atoms with Crippen LogP contribution in [0.5, 0.6) is 5.75 Å². The van der Waals surface area contributed by atoms with Crippen molar-refractivity contribution in [2.24, 2.45) is 5.41 Å². The molecule has 0 saturated heterocycles. The van der Waals surface area contributed by atoms with Gasteiger partial charge in [0.25, 0.3) is 5.91 Å². The summed E-state index contributed by atoms with van der Waals surface area (Å²) in [4.78, 5) is 21.1. The molecule has 1 aliphatic rings. The van der Waals surface area contributed by atoms with Crippen LogP contribution in [0.25, 0.3) is 0 Å². The summed E-state index contributed by atoms with van der Waals surface area (Å²) in [5.74, 6) is 0.947. The average Bonchev–Trinajstić information content (AvgIpc) is 2.72. The fourth-order valence-corrected chi connectivity index (χ4v) is 4.33. The summed E-state index contributed by atoms with van der Waals surface area (Å²) in [6.45, 7) is 1.78. The number of amides is 1. The lowest BCUT2D eigenvalue weighted by molar-refractivity contribution is 0.0132. The van der Waals surface area contributed by atoms with Crippen molar-refractivity contribution in [1.82, 2.24) is 15.3 Å². The first-order valence-electron chi connectivity index (χ1n) is 9.81. The van der Waals surface area contributed by atoms with E-state index in [1.54, 1.807) is 20.3 Å². The largest absolute Gasteiger partial charge is 0.496 e. The van der Waals surface area contributed by atoms with E-state index < -0.39 is 0 Å². The third-order valence-corrected chi connectivity index (χ3v) is 7.06. The number of rotatable bonds is 10. The Balaban J connectivity index is 1.62. The number of nitrogens with zero attached hydrogens (tertiary/aromatic N) is 2. The zero-order chi connectivity index (χ0) is 21.6. The van der Waals surface area contributed by atoms with E-state index in [0.29, 0.717) is 22.2 Å². The van der Waals surface area contributed by atoms with Crippen LogP contribution >= 0.6 is 34.2 Å². The van der Waals surface area contributed by atoms with Crippen molar-refractivity contribution in [3.63, 3.8) is 0 Å². The van der Waals surface area contributed by atoms with Gasteiger partial charge in [0, 0.05) is 35.5 Å². The number of nitrogens with one attached hydrogen (secondary N) is 2. The van der Waals surface area contributed by atoms with Crippen LogP contribution < -0.4 is 15.4 Å². The molecule has 162 valence electrons. The van der Waals surface area contributed by atoms with Crippen molar-refractivity contribution in [3.05, 3.63) is 44.4 Å². The lowest BCUT2D eigenvalue weighted by Gasteiger charge is -2.41. The van der Waals surface area contributed by atoms with Gasteiger partial charge in [-0.1, -0.05) is 18.0 Å². The van der Waals surface area contributed by atoms with Crippen LogP contribution in [0.4, 0.5) is 5.82 Å². The Morgan fingerprint density at radius 2 is 2.13 bits per heavy atom. The summed E-state index contributed by atoms with van der Waals surface area (Å²) < 4.78 is 11.7. The van der Waals surface area contributed by atoms with E-state index in [0.717, 1.165) is 28.7 Å². The molecule has 2 aromatic rings. The molecule has 7 nitrogen and oxygen atoms in total. The molecule has 1 heterocycles. The SMILES string of the molecule is COCC1(CCNc2ncncc2C(=O)NCc2cc(Cl)c(I)cc2OC)CCC1. The van der Waals surface area contributed by atoms with Crippen LogP contribution in [0.3, 0.4) is 0 Å². The number of halogens is 2. The second kappa shape index (κ2) is 10.6. The first-order chi connectivity index (χ1) is 14.5. The Morgan fingerprint density at radius 1 is 1.33 bits per heavy atom. The maximum Gasteiger partial charge on any atom is 0.256 e. The Morgan fingerprint density at radius 3 is 2.80 bits per heavy atom. The van der Waals surface area contributed by atoms with Crippen LogP contribution in [-0.2, 0) is 11.3 Å². The van der Waals surface area contributed by atoms with Crippen molar-refractivity contribution in [2.75, 3.05) is 32.7 Å². The molecule has 0 radical (unpaired) electrons. The molecule has 3 rings (SSSR count). The molecule has 2 N–H and O–H groups in total. The summed E-state index contributed by atoms with van der Waals surface area (Å²) in [7, 11) is 3.34. The second-order valence-corrected chi connectivity index (χ2v) is 9.08. The highest BCUT2D eigenvalue weighted by atomic mass is 127. The summed E-state index contributed by atoms with van der Waals surface area (Å²) >= 11 is 8.36. The van der Waals surface area contributed by atoms with Crippen LogP contribution in [0.15, 0.2) is 24.7 Å². The zero-order valence-corrected chi connectivity index (χ0v) is 20.0. The van der Waals surface area contributed by atoms with Gasteiger partial charge in [-0.05, 0) is 59.4 Å². The zero-order valence-electron chi connectivity index (χ0n) is 17.1. The molecule has 0 unspecified atom stereocenters. The Kier molecular flexibility index (Phi) is 8.13. The molecule has 1 saturated carbocycles.